The van der Waals surface area contributed by atoms with Gasteiger partial charge in [0, 0.05) is 31.5 Å². The molecule has 0 fully saturated rings. The number of hydrogen-bond acceptors (Lipinski definition) is 1. The number of fused-ring (bicyclic) bond motifs is 1. The Morgan fingerprint density at radius 3 is 2.57 bits per heavy atom. The van der Waals surface area contributed by atoms with Crippen LogP contribution in [0.2, 0.25) is 0 Å². The third-order valence-corrected chi connectivity index (χ3v) is 3.93. The Hall–Kier alpha value is -2.03. The van der Waals surface area contributed by atoms with Crippen molar-refractivity contribution < 1.29 is 4.79 Å². The van der Waals surface area contributed by atoms with Gasteiger partial charge in [-0.05, 0) is 36.1 Å². The quantitative estimate of drug-likeness (QED) is 0.780. The van der Waals surface area contributed by atoms with Gasteiger partial charge >= 0.3 is 0 Å². The Morgan fingerprint density at radius 1 is 1.38 bits per heavy atom. The predicted molar refractivity (Wildman–Crippen MR) is 89.0 cm³/mol. The van der Waals surface area contributed by atoms with Crippen LogP contribution in [0.5, 0.6) is 0 Å². The molecule has 1 aromatic heterocycles. The zero-order chi connectivity index (χ0) is 15.7. The summed E-state index contributed by atoms with van der Waals surface area (Å²) in [5, 5.41) is 1.16. The maximum absolute atomic E-state index is 12.5. The molecule has 0 saturated carbocycles. The van der Waals surface area contributed by atoms with E-state index in [0.717, 1.165) is 22.2 Å². The van der Waals surface area contributed by atoms with E-state index in [1.165, 1.54) is 5.56 Å². The highest BCUT2D eigenvalue weighted by molar-refractivity contribution is 6.01. The molecule has 0 saturated heterocycles. The molecular formula is C18H24N2O. The van der Waals surface area contributed by atoms with Crippen molar-refractivity contribution in [3.63, 3.8) is 0 Å². The van der Waals surface area contributed by atoms with E-state index >= 15 is 0 Å². The second-order valence-corrected chi connectivity index (χ2v) is 6.00. The molecule has 1 aromatic carbocycles. The van der Waals surface area contributed by atoms with Gasteiger partial charge in [0.05, 0.1) is 0 Å². The summed E-state index contributed by atoms with van der Waals surface area (Å²) in [5.74, 6) is 0.515. The standard InChI is InChI=1S/C18H24N2O/c1-7-10-20-16-9-8-14(12(2)3)11-15(16)13(4)17(20)18(21)19(5)6/h7-9,11-12H,1,10H2,2-6H3. The van der Waals surface area contributed by atoms with Gasteiger partial charge in [-0.3, -0.25) is 4.79 Å². The first-order valence-corrected chi connectivity index (χ1v) is 7.33. The maximum Gasteiger partial charge on any atom is 0.270 e. The number of benzene rings is 1. The average molecular weight is 284 g/mol. The summed E-state index contributed by atoms with van der Waals surface area (Å²) < 4.78 is 2.06. The lowest BCUT2D eigenvalue weighted by Gasteiger charge is -2.14. The van der Waals surface area contributed by atoms with Crippen LogP contribution in [0.3, 0.4) is 0 Å². The van der Waals surface area contributed by atoms with Crippen LogP contribution < -0.4 is 0 Å². The molecule has 2 aromatic rings. The van der Waals surface area contributed by atoms with Crippen LogP contribution >= 0.6 is 0 Å². The van der Waals surface area contributed by atoms with Crippen LogP contribution in [0.15, 0.2) is 30.9 Å². The summed E-state index contributed by atoms with van der Waals surface area (Å²) in [5.41, 5.74) is 4.20. The highest BCUT2D eigenvalue weighted by Gasteiger charge is 2.21. The smallest absolute Gasteiger partial charge is 0.270 e. The number of aromatic nitrogens is 1. The third kappa shape index (κ3) is 2.60. The molecule has 112 valence electrons. The minimum absolute atomic E-state index is 0.0386. The van der Waals surface area contributed by atoms with E-state index < -0.39 is 0 Å². The Balaban J connectivity index is 2.77. The largest absolute Gasteiger partial charge is 0.343 e. The number of aryl methyl sites for hydroxylation is 1. The van der Waals surface area contributed by atoms with Gasteiger partial charge in [0.15, 0.2) is 0 Å². The van der Waals surface area contributed by atoms with Crippen LogP contribution in [-0.2, 0) is 6.54 Å². The Morgan fingerprint density at radius 2 is 2.05 bits per heavy atom. The topological polar surface area (TPSA) is 25.2 Å². The summed E-state index contributed by atoms with van der Waals surface area (Å²) in [4.78, 5) is 14.1. The van der Waals surface area contributed by atoms with E-state index in [9.17, 15) is 4.79 Å². The lowest BCUT2D eigenvalue weighted by molar-refractivity contribution is 0.0817. The van der Waals surface area contributed by atoms with Crippen molar-refractivity contribution in [1.82, 2.24) is 9.47 Å². The summed E-state index contributed by atoms with van der Waals surface area (Å²) in [7, 11) is 3.58. The fourth-order valence-corrected chi connectivity index (χ4v) is 2.71. The van der Waals surface area contributed by atoms with Crippen molar-refractivity contribution in [2.45, 2.75) is 33.2 Å². The Bertz CT molecular complexity index is 693. The minimum atomic E-state index is 0.0386. The summed E-state index contributed by atoms with van der Waals surface area (Å²) in [6.45, 7) is 10.9. The normalized spacial score (nSPS) is 11.1. The summed E-state index contributed by atoms with van der Waals surface area (Å²) >= 11 is 0. The van der Waals surface area contributed by atoms with E-state index in [1.54, 1.807) is 19.0 Å². The van der Waals surface area contributed by atoms with E-state index in [1.807, 2.05) is 13.0 Å². The lowest BCUT2D eigenvalue weighted by Crippen LogP contribution is -2.25. The number of carbonyl (C=O) groups excluding carboxylic acids is 1. The first-order chi connectivity index (χ1) is 9.88. The number of carbonyl (C=O) groups is 1. The number of allylic oxidation sites excluding steroid dienone is 1. The van der Waals surface area contributed by atoms with Gasteiger partial charge in [-0.25, -0.2) is 0 Å². The molecule has 0 aliphatic heterocycles. The predicted octanol–water partition coefficient (Wildman–Crippen LogP) is 3.96. The highest BCUT2D eigenvalue weighted by atomic mass is 16.2. The number of hydrogen-bond donors (Lipinski definition) is 0. The van der Waals surface area contributed by atoms with E-state index in [0.29, 0.717) is 12.5 Å². The summed E-state index contributed by atoms with van der Waals surface area (Å²) in [6, 6.07) is 6.48. The molecular weight excluding hydrogens is 260 g/mol. The van der Waals surface area contributed by atoms with Crippen LogP contribution in [-0.4, -0.2) is 29.5 Å². The molecule has 3 nitrogen and oxygen atoms in total. The second kappa shape index (κ2) is 5.76. The molecule has 0 N–H and O–H groups in total. The van der Waals surface area contributed by atoms with Crippen LogP contribution in [0.25, 0.3) is 10.9 Å². The Labute approximate surface area is 126 Å². The molecule has 0 atom stereocenters. The number of amides is 1. The molecule has 21 heavy (non-hydrogen) atoms. The van der Waals surface area contributed by atoms with Crippen LogP contribution in [0.1, 0.15) is 41.4 Å². The monoisotopic (exact) mass is 284 g/mol. The van der Waals surface area contributed by atoms with E-state index in [4.69, 9.17) is 0 Å². The highest BCUT2D eigenvalue weighted by Crippen LogP contribution is 2.29. The van der Waals surface area contributed by atoms with Gasteiger partial charge in [-0.2, -0.15) is 0 Å². The van der Waals surface area contributed by atoms with Gasteiger partial charge < -0.3 is 9.47 Å². The van der Waals surface area contributed by atoms with Gasteiger partial charge in [-0.1, -0.05) is 26.0 Å². The van der Waals surface area contributed by atoms with Crippen molar-refractivity contribution in [1.29, 1.82) is 0 Å². The molecule has 0 unspecified atom stereocenters. The molecule has 2 rings (SSSR count). The fraction of sp³-hybridized carbons (Fsp3) is 0.389. The van der Waals surface area contributed by atoms with Crippen molar-refractivity contribution >= 4 is 16.8 Å². The molecule has 3 heteroatoms. The molecule has 1 amide bonds. The molecule has 0 aliphatic carbocycles. The molecule has 0 radical (unpaired) electrons. The minimum Gasteiger partial charge on any atom is -0.343 e. The van der Waals surface area contributed by atoms with Gasteiger partial charge in [0.25, 0.3) is 5.91 Å². The molecule has 0 aliphatic rings. The van der Waals surface area contributed by atoms with Crippen LogP contribution in [0.4, 0.5) is 0 Å². The first-order valence-electron chi connectivity index (χ1n) is 7.33. The van der Waals surface area contributed by atoms with Crippen molar-refractivity contribution in [3.05, 3.63) is 47.7 Å². The fourth-order valence-electron chi connectivity index (χ4n) is 2.71. The van der Waals surface area contributed by atoms with E-state index in [-0.39, 0.29) is 5.91 Å². The first kappa shape index (κ1) is 15.4. The molecule has 0 spiro atoms. The van der Waals surface area contributed by atoms with E-state index in [2.05, 4.69) is 43.2 Å². The average Bonchev–Trinajstić information content (AvgIpc) is 2.71. The maximum atomic E-state index is 12.5. The molecule has 0 bridgehead atoms. The zero-order valence-electron chi connectivity index (χ0n) is 13.6. The lowest BCUT2D eigenvalue weighted by atomic mass is 10.0. The van der Waals surface area contributed by atoms with Crippen molar-refractivity contribution in [2.24, 2.45) is 0 Å². The Kier molecular flexibility index (Phi) is 4.21. The number of rotatable bonds is 4. The van der Waals surface area contributed by atoms with Gasteiger partial charge in [0.1, 0.15) is 5.69 Å². The third-order valence-electron chi connectivity index (χ3n) is 3.93. The van der Waals surface area contributed by atoms with Crippen molar-refractivity contribution in [3.8, 4) is 0 Å². The summed E-state index contributed by atoms with van der Waals surface area (Å²) in [6.07, 6.45) is 1.83. The van der Waals surface area contributed by atoms with Crippen LogP contribution in [0, 0.1) is 6.92 Å². The van der Waals surface area contributed by atoms with Gasteiger partial charge in [-0.15, -0.1) is 6.58 Å². The second-order valence-electron chi connectivity index (χ2n) is 6.00. The molecule has 1 heterocycles. The number of nitrogens with zero attached hydrogens (tertiary/aromatic N) is 2. The SMILES string of the molecule is C=CCn1c(C(=O)N(C)C)c(C)c2cc(C(C)C)ccc21. The van der Waals surface area contributed by atoms with Crippen molar-refractivity contribution in [2.75, 3.05) is 14.1 Å². The van der Waals surface area contributed by atoms with Gasteiger partial charge in [0.2, 0.25) is 0 Å². The zero-order valence-corrected chi connectivity index (χ0v) is 13.6.